The summed E-state index contributed by atoms with van der Waals surface area (Å²) < 4.78 is 46.1. The molecule has 0 saturated heterocycles. The van der Waals surface area contributed by atoms with Gasteiger partial charge in [0.1, 0.15) is 17.1 Å². The third kappa shape index (κ3) is 3.62. The molecule has 4 heterocycles. The second-order valence-corrected chi connectivity index (χ2v) is 7.23. The van der Waals surface area contributed by atoms with Crippen LogP contribution in [0.5, 0.6) is 5.88 Å². The highest BCUT2D eigenvalue weighted by atomic mass is 19.4. The van der Waals surface area contributed by atoms with E-state index in [1.54, 1.807) is 23.1 Å². The average Bonchev–Trinajstić information content (AvgIpc) is 3.21. The molecule has 1 atom stereocenters. The molecule has 4 rings (SSSR count). The van der Waals surface area contributed by atoms with Gasteiger partial charge >= 0.3 is 6.18 Å². The minimum atomic E-state index is -4.61. The minimum Gasteiger partial charge on any atom is -0.481 e. The largest absolute Gasteiger partial charge is 0.481 e. The van der Waals surface area contributed by atoms with E-state index in [9.17, 15) is 18.0 Å². The maximum atomic E-state index is 13.4. The Bertz CT molecular complexity index is 1140. The molecule has 162 valence electrons. The number of aromatic nitrogens is 4. The van der Waals surface area contributed by atoms with Crippen molar-refractivity contribution in [2.45, 2.75) is 32.5 Å². The van der Waals surface area contributed by atoms with Crippen LogP contribution in [0.25, 0.3) is 11.1 Å². The zero-order valence-electron chi connectivity index (χ0n) is 17.1. The smallest absolute Gasteiger partial charge is 0.421 e. The predicted octanol–water partition coefficient (Wildman–Crippen LogP) is 4.15. The first-order valence-electron chi connectivity index (χ1n) is 9.71. The highest BCUT2D eigenvalue weighted by molar-refractivity contribution is 6.09. The summed E-state index contributed by atoms with van der Waals surface area (Å²) in [5.74, 6) is -0.884. The molecule has 1 aliphatic heterocycles. The van der Waals surface area contributed by atoms with Gasteiger partial charge in [0.15, 0.2) is 0 Å². The summed E-state index contributed by atoms with van der Waals surface area (Å²) in [6.45, 7) is 4.08. The lowest BCUT2D eigenvalue weighted by Crippen LogP contribution is -2.43. The van der Waals surface area contributed by atoms with Gasteiger partial charge in [-0.2, -0.15) is 23.3 Å². The van der Waals surface area contributed by atoms with E-state index in [2.05, 4.69) is 15.1 Å². The Labute approximate surface area is 176 Å². The summed E-state index contributed by atoms with van der Waals surface area (Å²) in [7, 11) is 1.12. The van der Waals surface area contributed by atoms with Crippen LogP contribution in [-0.4, -0.2) is 39.3 Å². The first kappa shape index (κ1) is 20.8. The third-order valence-corrected chi connectivity index (χ3v) is 5.22. The van der Waals surface area contributed by atoms with E-state index < -0.39 is 23.5 Å². The molecule has 0 unspecified atom stereocenters. The zero-order chi connectivity index (χ0) is 22.3. The second kappa shape index (κ2) is 7.68. The molecule has 1 aliphatic rings. The number of hydrogen-bond acceptors (Lipinski definition) is 5. The summed E-state index contributed by atoms with van der Waals surface area (Å²) in [4.78, 5) is 23.0. The number of hydrogen-bond donors (Lipinski definition) is 0. The molecule has 0 aliphatic carbocycles. The van der Waals surface area contributed by atoms with Gasteiger partial charge in [0.25, 0.3) is 5.91 Å². The van der Waals surface area contributed by atoms with E-state index in [0.29, 0.717) is 11.3 Å². The van der Waals surface area contributed by atoms with Crippen LogP contribution in [0.15, 0.2) is 36.7 Å². The number of amides is 1. The van der Waals surface area contributed by atoms with Crippen LogP contribution in [0.3, 0.4) is 0 Å². The molecule has 0 radical (unpaired) electrons. The van der Waals surface area contributed by atoms with Crippen molar-refractivity contribution < 1.29 is 22.7 Å². The van der Waals surface area contributed by atoms with E-state index in [-0.39, 0.29) is 18.4 Å². The van der Waals surface area contributed by atoms with Crippen molar-refractivity contribution in [3.63, 3.8) is 0 Å². The molecule has 0 N–H and O–H groups in total. The Morgan fingerprint density at radius 3 is 2.71 bits per heavy atom. The van der Waals surface area contributed by atoms with Crippen LogP contribution in [0.2, 0.25) is 0 Å². The number of carbonyl (C=O) groups is 1. The Morgan fingerprint density at radius 2 is 2.03 bits per heavy atom. The van der Waals surface area contributed by atoms with Crippen LogP contribution >= 0.6 is 0 Å². The van der Waals surface area contributed by atoms with Crippen LogP contribution in [0.4, 0.5) is 19.0 Å². The molecule has 0 saturated carbocycles. The van der Waals surface area contributed by atoms with Crippen molar-refractivity contribution in [1.82, 2.24) is 19.7 Å². The highest BCUT2D eigenvalue weighted by Gasteiger charge is 2.38. The molecule has 0 aromatic carbocycles. The lowest BCUT2D eigenvalue weighted by Gasteiger charge is -2.32. The van der Waals surface area contributed by atoms with Gasteiger partial charge in [-0.15, -0.1) is 0 Å². The molecule has 31 heavy (non-hydrogen) atoms. The van der Waals surface area contributed by atoms with Crippen LogP contribution in [-0.2, 0) is 12.6 Å². The summed E-state index contributed by atoms with van der Waals surface area (Å²) >= 11 is 0. The standard InChI is InChI=1S/C21H20F3N5O2/c1-4-14-9-13(7-8-25-14)15-10-26-29-12(2)11-28(20(30)18(15)29)17-6-5-16(21(22,23)24)19(27-17)31-3/h5-10,12H,4,11H2,1-3H3/t12-/m0/s1/i1-1. The van der Waals surface area contributed by atoms with Crippen molar-refractivity contribution in [2.24, 2.45) is 0 Å². The number of halogens is 3. The predicted molar refractivity (Wildman–Crippen MR) is 107 cm³/mol. The number of ether oxygens (including phenoxy) is 1. The molecule has 0 bridgehead atoms. The highest BCUT2D eigenvalue weighted by Crippen LogP contribution is 2.38. The zero-order valence-corrected chi connectivity index (χ0v) is 17.1. The number of methoxy groups -OCH3 is 1. The van der Waals surface area contributed by atoms with Crippen LogP contribution in [0.1, 0.15) is 41.6 Å². The van der Waals surface area contributed by atoms with Gasteiger partial charge in [-0.1, -0.05) is 6.92 Å². The Hall–Kier alpha value is -3.43. The van der Waals surface area contributed by atoms with Gasteiger partial charge in [0, 0.05) is 24.0 Å². The Balaban J connectivity index is 1.78. The number of pyridine rings is 2. The molecule has 7 nitrogen and oxygen atoms in total. The summed E-state index contributed by atoms with van der Waals surface area (Å²) in [5, 5.41) is 4.38. The lowest BCUT2D eigenvalue weighted by atomic mass is 10.0. The fourth-order valence-corrected chi connectivity index (χ4v) is 3.66. The summed E-state index contributed by atoms with van der Waals surface area (Å²) in [6.07, 6.45) is -0.568. The quantitative estimate of drug-likeness (QED) is 0.622. The van der Waals surface area contributed by atoms with Crippen LogP contribution < -0.4 is 9.64 Å². The average molecular weight is 430 g/mol. The van der Waals surface area contributed by atoms with Gasteiger partial charge in [0.2, 0.25) is 5.88 Å². The first-order chi connectivity index (χ1) is 14.7. The molecule has 10 heteroatoms. The first-order valence-corrected chi connectivity index (χ1v) is 9.71. The van der Waals surface area contributed by atoms with Crippen molar-refractivity contribution >= 4 is 11.7 Å². The van der Waals surface area contributed by atoms with Crippen molar-refractivity contribution in [3.05, 3.63) is 53.6 Å². The second-order valence-electron chi connectivity index (χ2n) is 7.23. The normalized spacial score (nSPS) is 16.4. The van der Waals surface area contributed by atoms with Crippen molar-refractivity contribution in [2.75, 3.05) is 18.6 Å². The molecular formula is C21H20F3N5O2. The van der Waals surface area contributed by atoms with Gasteiger partial charge in [0.05, 0.1) is 19.3 Å². The minimum absolute atomic E-state index is 0.0871. The van der Waals surface area contributed by atoms with E-state index >= 15 is 0 Å². The van der Waals surface area contributed by atoms with Crippen LogP contribution in [0, 0.1) is 0 Å². The van der Waals surface area contributed by atoms with Gasteiger partial charge in [-0.25, -0.2) is 0 Å². The van der Waals surface area contributed by atoms with Crippen molar-refractivity contribution in [1.29, 1.82) is 0 Å². The van der Waals surface area contributed by atoms with E-state index in [1.165, 1.54) is 11.0 Å². The number of carbonyl (C=O) groups excluding carboxylic acids is 1. The van der Waals surface area contributed by atoms with E-state index in [0.717, 1.165) is 30.9 Å². The lowest BCUT2D eigenvalue weighted by molar-refractivity contribution is -0.139. The number of aryl methyl sites for hydroxylation is 1. The molecule has 0 fully saturated rings. The van der Waals surface area contributed by atoms with Crippen molar-refractivity contribution in [3.8, 4) is 17.0 Å². The maximum absolute atomic E-state index is 13.4. The number of alkyl halides is 3. The summed E-state index contributed by atoms with van der Waals surface area (Å²) in [5.41, 5.74) is 1.67. The molecule has 0 spiro atoms. The van der Waals surface area contributed by atoms with E-state index in [1.807, 2.05) is 19.9 Å². The maximum Gasteiger partial charge on any atom is 0.421 e. The SMILES string of the molecule is COc1nc(N2C[C@H](C)n3ncc(-c4ccnc(C[11CH3])c4)c3C2=O)ccc1C(F)(F)F. The number of anilines is 1. The molecule has 3 aromatic heterocycles. The fraction of sp³-hybridized carbons (Fsp3) is 0.333. The molecule has 1 amide bonds. The number of rotatable bonds is 4. The fourth-order valence-electron chi connectivity index (χ4n) is 3.66. The van der Waals surface area contributed by atoms with Gasteiger partial charge in [-0.05, 0) is 43.2 Å². The van der Waals surface area contributed by atoms with E-state index in [4.69, 9.17) is 4.74 Å². The molecular weight excluding hydrogens is 410 g/mol. The molecule has 3 aromatic rings. The Morgan fingerprint density at radius 1 is 1.26 bits per heavy atom. The monoisotopic (exact) mass is 430 g/mol. The van der Waals surface area contributed by atoms with Gasteiger partial charge < -0.3 is 4.74 Å². The summed E-state index contributed by atoms with van der Waals surface area (Å²) in [6, 6.07) is 5.55. The topological polar surface area (TPSA) is 73.1 Å². The number of fused-ring (bicyclic) bond motifs is 1. The number of nitrogens with zero attached hydrogens (tertiary/aromatic N) is 5. The third-order valence-electron chi connectivity index (χ3n) is 5.22. The Kier molecular flexibility index (Phi) is 5.16. The van der Waals surface area contributed by atoms with Gasteiger partial charge in [-0.3, -0.25) is 19.4 Å².